The number of hydrogen-bond donors (Lipinski definition) is 1. The molecule has 0 spiro atoms. The zero-order chi connectivity index (χ0) is 21.2. The topological polar surface area (TPSA) is 77.8 Å². The quantitative estimate of drug-likeness (QED) is 0.484. The molecule has 1 N–H and O–H groups in total. The van der Waals surface area contributed by atoms with Gasteiger partial charge in [0.1, 0.15) is 6.26 Å². The molecule has 7 nitrogen and oxygen atoms in total. The summed E-state index contributed by atoms with van der Waals surface area (Å²) in [6.45, 7) is 3.35. The van der Waals surface area contributed by atoms with Crippen LogP contribution in [0.2, 0.25) is 0 Å². The summed E-state index contributed by atoms with van der Waals surface area (Å²) in [5.74, 6) is 0.499. The van der Waals surface area contributed by atoms with Crippen LogP contribution in [0.3, 0.4) is 0 Å². The number of nitrogens with one attached hydrogen (secondary N) is 1. The number of nitrogens with zero attached hydrogens (tertiary/aromatic N) is 4. The van der Waals surface area contributed by atoms with Crippen molar-refractivity contribution in [2.75, 3.05) is 42.8 Å². The third-order valence-corrected chi connectivity index (χ3v) is 6.35. The minimum atomic E-state index is -1.09. The first kappa shape index (κ1) is 19.9. The summed E-state index contributed by atoms with van der Waals surface area (Å²) in [5, 5.41) is 7.97. The zero-order valence-electron chi connectivity index (χ0n) is 17.2. The van der Waals surface area contributed by atoms with Crippen molar-refractivity contribution >= 4 is 34.0 Å². The fourth-order valence-corrected chi connectivity index (χ4v) is 4.55. The summed E-state index contributed by atoms with van der Waals surface area (Å²) in [4.78, 5) is 7.55. The lowest BCUT2D eigenvalue weighted by molar-refractivity contribution is 0.122. The number of ether oxygens (including phenoxy) is 1. The second kappa shape index (κ2) is 8.58. The smallest absolute Gasteiger partial charge is 0.245 e. The molecule has 0 amide bonds. The van der Waals surface area contributed by atoms with Crippen molar-refractivity contribution in [3.8, 4) is 11.3 Å². The fraction of sp³-hybridized carbons (Fsp3) is 0.217. The first-order chi connectivity index (χ1) is 15.2. The molecular weight excluding hydrogens is 410 g/mol. The highest BCUT2D eigenvalue weighted by molar-refractivity contribution is 7.90. The van der Waals surface area contributed by atoms with E-state index in [0.29, 0.717) is 5.95 Å². The van der Waals surface area contributed by atoms with Crippen molar-refractivity contribution in [1.82, 2.24) is 14.6 Å². The molecule has 0 saturated carbocycles. The van der Waals surface area contributed by atoms with Gasteiger partial charge in [-0.3, -0.25) is 0 Å². The van der Waals surface area contributed by atoms with Crippen molar-refractivity contribution < 1.29 is 9.29 Å². The summed E-state index contributed by atoms with van der Waals surface area (Å²) in [7, 11) is 0. The third-order valence-electron chi connectivity index (χ3n) is 5.37. The molecule has 5 rings (SSSR count). The molecular formula is C23H23N5O2S. The maximum Gasteiger partial charge on any atom is 0.245 e. The lowest BCUT2D eigenvalue weighted by Gasteiger charge is -2.28. The number of fused-ring (bicyclic) bond motifs is 1. The Bertz CT molecular complexity index is 1190. The number of aromatic nitrogens is 3. The van der Waals surface area contributed by atoms with Crippen LogP contribution in [-0.2, 0) is 15.9 Å². The molecule has 1 aliphatic heterocycles. The normalized spacial score (nSPS) is 15.2. The van der Waals surface area contributed by atoms with E-state index in [1.165, 1.54) is 5.69 Å². The fourth-order valence-electron chi connectivity index (χ4n) is 3.80. The summed E-state index contributed by atoms with van der Waals surface area (Å²) < 4.78 is 19.5. The Kier molecular flexibility index (Phi) is 5.50. The Hall–Kier alpha value is -3.07. The molecule has 2 aromatic heterocycles. The van der Waals surface area contributed by atoms with Crippen molar-refractivity contribution in [3.05, 3.63) is 66.9 Å². The highest BCUT2D eigenvalue weighted by Crippen LogP contribution is 2.29. The van der Waals surface area contributed by atoms with Crippen LogP contribution >= 0.6 is 0 Å². The monoisotopic (exact) mass is 433 g/mol. The minimum Gasteiger partial charge on any atom is -0.612 e. The average molecular weight is 434 g/mol. The summed E-state index contributed by atoms with van der Waals surface area (Å²) >= 11 is -1.09. The molecule has 2 aromatic carbocycles. The van der Waals surface area contributed by atoms with E-state index in [2.05, 4.69) is 32.4 Å². The molecule has 0 aliphatic carbocycles. The Morgan fingerprint density at radius 1 is 1.00 bits per heavy atom. The molecule has 0 bridgehead atoms. The predicted molar refractivity (Wildman–Crippen MR) is 124 cm³/mol. The van der Waals surface area contributed by atoms with E-state index in [0.717, 1.165) is 53.7 Å². The zero-order valence-corrected chi connectivity index (χ0v) is 18.0. The summed E-state index contributed by atoms with van der Waals surface area (Å²) in [6.07, 6.45) is 3.48. The Balaban J connectivity index is 1.42. The van der Waals surface area contributed by atoms with Gasteiger partial charge in [-0.05, 0) is 59.7 Å². The van der Waals surface area contributed by atoms with Gasteiger partial charge in [-0.1, -0.05) is 12.1 Å². The van der Waals surface area contributed by atoms with E-state index in [4.69, 9.17) is 4.74 Å². The Morgan fingerprint density at radius 2 is 1.77 bits per heavy atom. The van der Waals surface area contributed by atoms with Crippen LogP contribution in [0, 0.1) is 0 Å². The van der Waals surface area contributed by atoms with Crippen LogP contribution in [-0.4, -0.2) is 51.7 Å². The molecule has 1 aliphatic rings. The van der Waals surface area contributed by atoms with Gasteiger partial charge in [0.2, 0.25) is 5.95 Å². The highest BCUT2D eigenvalue weighted by atomic mass is 32.2. The second-order valence-corrected chi connectivity index (χ2v) is 8.71. The first-order valence-corrected chi connectivity index (χ1v) is 11.7. The van der Waals surface area contributed by atoms with E-state index >= 15 is 0 Å². The Morgan fingerprint density at radius 3 is 2.55 bits per heavy atom. The van der Waals surface area contributed by atoms with Gasteiger partial charge in [0.05, 0.1) is 36.2 Å². The SMILES string of the molecule is C[S+]([O-])c1ccccc1-c1ccc2cnc(Nc3ccc(N4CCOCC4)cc3)nn12. The molecule has 158 valence electrons. The van der Waals surface area contributed by atoms with Crippen molar-refractivity contribution in [2.45, 2.75) is 4.90 Å². The molecule has 3 heterocycles. The van der Waals surface area contributed by atoms with Gasteiger partial charge in [-0.25, -0.2) is 9.50 Å². The number of benzene rings is 2. The molecule has 31 heavy (non-hydrogen) atoms. The first-order valence-electron chi connectivity index (χ1n) is 10.2. The maximum atomic E-state index is 12.2. The van der Waals surface area contributed by atoms with Gasteiger partial charge in [-0.15, -0.1) is 5.10 Å². The second-order valence-electron chi connectivity index (χ2n) is 7.36. The Labute approximate surface area is 183 Å². The summed E-state index contributed by atoms with van der Waals surface area (Å²) in [6, 6.07) is 19.9. The van der Waals surface area contributed by atoms with Gasteiger partial charge in [0, 0.05) is 24.5 Å². The largest absolute Gasteiger partial charge is 0.612 e. The standard InChI is InChI=1S/C23H23N5O2S/c1-31(29)22-5-3-2-4-20(22)21-11-10-19-16-24-23(26-28(19)21)25-17-6-8-18(9-7-17)27-12-14-30-15-13-27/h2-11,16H,12-15H2,1H3,(H,25,26). The van der Waals surface area contributed by atoms with Crippen LogP contribution in [0.4, 0.5) is 17.3 Å². The number of rotatable bonds is 5. The van der Waals surface area contributed by atoms with Gasteiger partial charge in [0.25, 0.3) is 0 Å². The van der Waals surface area contributed by atoms with Gasteiger partial charge >= 0.3 is 0 Å². The van der Waals surface area contributed by atoms with E-state index in [9.17, 15) is 4.55 Å². The van der Waals surface area contributed by atoms with Gasteiger partial charge in [-0.2, -0.15) is 0 Å². The predicted octanol–water partition coefficient (Wildman–Crippen LogP) is 3.71. The van der Waals surface area contributed by atoms with Crippen LogP contribution in [0.1, 0.15) is 0 Å². The van der Waals surface area contributed by atoms with Crippen LogP contribution in [0.15, 0.2) is 71.8 Å². The molecule has 8 heteroatoms. The average Bonchev–Trinajstić information content (AvgIpc) is 3.23. The molecule has 0 radical (unpaired) electrons. The maximum absolute atomic E-state index is 12.2. The van der Waals surface area contributed by atoms with E-state index in [1.54, 1.807) is 12.5 Å². The van der Waals surface area contributed by atoms with E-state index in [1.807, 2.05) is 53.0 Å². The van der Waals surface area contributed by atoms with Crippen molar-refractivity contribution in [1.29, 1.82) is 0 Å². The van der Waals surface area contributed by atoms with Crippen LogP contribution in [0.25, 0.3) is 16.8 Å². The minimum absolute atomic E-state index is 0.499. The molecule has 1 unspecified atom stereocenters. The molecule has 1 atom stereocenters. The number of hydrogen-bond acceptors (Lipinski definition) is 6. The van der Waals surface area contributed by atoms with Gasteiger partial charge < -0.3 is 19.5 Å². The van der Waals surface area contributed by atoms with Crippen LogP contribution in [0.5, 0.6) is 0 Å². The van der Waals surface area contributed by atoms with Crippen molar-refractivity contribution in [3.63, 3.8) is 0 Å². The van der Waals surface area contributed by atoms with Gasteiger partial charge in [0.15, 0.2) is 4.90 Å². The number of morpholine rings is 1. The van der Waals surface area contributed by atoms with E-state index < -0.39 is 11.2 Å². The lowest BCUT2D eigenvalue weighted by atomic mass is 10.1. The highest BCUT2D eigenvalue weighted by Gasteiger charge is 2.17. The van der Waals surface area contributed by atoms with Crippen LogP contribution < -0.4 is 10.2 Å². The molecule has 1 saturated heterocycles. The molecule has 1 fully saturated rings. The third kappa shape index (κ3) is 4.10. The number of anilines is 3. The summed E-state index contributed by atoms with van der Waals surface area (Å²) in [5.41, 5.74) is 4.76. The van der Waals surface area contributed by atoms with E-state index in [-0.39, 0.29) is 0 Å². The van der Waals surface area contributed by atoms with Crippen molar-refractivity contribution in [2.24, 2.45) is 0 Å². The molecule has 4 aromatic rings. The lowest BCUT2D eigenvalue weighted by Crippen LogP contribution is -2.36.